The number of hydrogen-bond acceptors (Lipinski definition) is 4. The highest BCUT2D eigenvalue weighted by Gasteiger charge is 2.25. The number of methoxy groups -OCH3 is 1. The molecule has 0 spiro atoms. The number of aromatic carboxylic acids is 1. The van der Waals surface area contributed by atoms with E-state index in [0.717, 1.165) is 4.90 Å². The summed E-state index contributed by atoms with van der Waals surface area (Å²) in [7, 11) is 1.34. The van der Waals surface area contributed by atoms with E-state index >= 15 is 0 Å². The molecule has 7 heteroatoms. The molecule has 2 N–H and O–H groups in total. The molecular weight excluding hydrogens is 322 g/mol. The molecule has 2 rings (SSSR count). The van der Waals surface area contributed by atoms with Gasteiger partial charge in [0.1, 0.15) is 12.4 Å². The fourth-order valence-electron chi connectivity index (χ4n) is 2.11. The highest BCUT2D eigenvalue weighted by atomic mass is 35.5. The lowest BCUT2D eigenvalue weighted by atomic mass is 10.1. The third kappa shape index (κ3) is 3.61. The van der Waals surface area contributed by atoms with E-state index < -0.39 is 11.9 Å². The summed E-state index contributed by atoms with van der Waals surface area (Å²) in [6.07, 6.45) is 0. The van der Waals surface area contributed by atoms with Gasteiger partial charge in [-0.1, -0.05) is 23.7 Å². The number of benzene rings is 2. The summed E-state index contributed by atoms with van der Waals surface area (Å²) in [5, 5.41) is 19.7. The van der Waals surface area contributed by atoms with Crippen molar-refractivity contribution in [3.05, 3.63) is 53.1 Å². The highest BCUT2D eigenvalue weighted by molar-refractivity contribution is 6.31. The number of anilines is 2. The van der Waals surface area contributed by atoms with Gasteiger partial charge in [0.15, 0.2) is 0 Å². The van der Waals surface area contributed by atoms with Gasteiger partial charge in [-0.05, 0) is 30.3 Å². The first-order valence-corrected chi connectivity index (χ1v) is 6.96. The molecule has 0 heterocycles. The number of halogens is 1. The molecule has 2 aromatic rings. The predicted molar refractivity (Wildman–Crippen MR) is 85.5 cm³/mol. The van der Waals surface area contributed by atoms with Gasteiger partial charge in [-0.2, -0.15) is 0 Å². The zero-order valence-electron chi connectivity index (χ0n) is 12.2. The van der Waals surface area contributed by atoms with Crippen molar-refractivity contribution in [2.75, 3.05) is 18.6 Å². The maximum absolute atomic E-state index is 12.4. The number of carbonyl (C=O) groups is 2. The number of aromatic hydroxyl groups is 1. The molecule has 0 aliphatic heterocycles. The number of carboxylic acids is 1. The van der Waals surface area contributed by atoms with Crippen molar-refractivity contribution < 1.29 is 24.5 Å². The van der Waals surface area contributed by atoms with Crippen LogP contribution in [0.15, 0.2) is 42.5 Å². The van der Waals surface area contributed by atoms with Crippen molar-refractivity contribution in [2.45, 2.75) is 0 Å². The van der Waals surface area contributed by atoms with E-state index in [1.807, 2.05) is 0 Å². The molecule has 0 aliphatic rings. The molecule has 23 heavy (non-hydrogen) atoms. The van der Waals surface area contributed by atoms with Crippen LogP contribution in [0.2, 0.25) is 5.02 Å². The molecule has 0 saturated carbocycles. The van der Waals surface area contributed by atoms with Crippen LogP contribution in [-0.4, -0.2) is 35.8 Å². The molecule has 0 atom stereocenters. The second-order valence-corrected chi connectivity index (χ2v) is 5.05. The minimum Gasteiger partial charge on any atom is -0.506 e. The molecule has 1 amide bonds. The highest BCUT2D eigenvalue weighted by Crippen LogP contribution is 2.36. The SMILES string of the molecule is COCC(=O)N(c1ccccc1O)c1cc(Cl)ccc1C(=O)O. The minimum absolute atomic E-state index is 0.0496. The third-order valence-corrected chi connectivity index (χ3v) is 3.31. The van der Waals surface area contributed by atoms with Gasteiger partial charge < -0.3 is 14.9 Å². The van der Waals surface area contributed by atoms with Crippen molar-refractivity contribution in [3.63, 3.8) is 0 Å². The normalized spacial score (nSPS) is 10.3. The van der Waals surface area contributed by atoms with Crippen molar-refractivity contribution in [2.24, 2.45) is 0 Å². The average molecular weight is 336 g/mol. The minimum atomic E-state index is -1.22. The zero-order chi connectivity index (χ0) is 17.0. The first-order chi connectivity index (χ1) is 11.0. The average Bonchev–Trinajstić information content (AvgIpc) is 2.49. The van der Waals surface area contributed by atoms with Gasteiger partial charge in [-0.15, -0.1) is 0 Å². The molecule has 0 unspecified atom stereocenters. The van der Waals surface area contributed by atoms with Gasteiger partial charge in [-0.3, -0.25) is 9.69 Å². The van der Waals surface area contributed by atoms with Gasteiger partial charge in [0.05, 0.1) is 16.9 Å². The first kappa shape index (κ1) is 16.8. The summed E-state index contributed by atoms with van der Waals surface area (Å²) < 4.78 is 4.84. The molecule has 0 aliphatic carbocycles. The monoisotopic (exact) mass is 335 g/mol. The van der Waals surface area contributed by atoms with Crippen LogP contribution >= 0.6 is 11.6 Å². The Kier molecular flexibility index (Phi) is 5.20. The number of hydrogen-bond donors (Lipinski definition) is 2. The van der Waals surface area contributed by atoms with Gasteiger partial charge in [0.2, 0.25) is 0 Å². The van der Waals surface area contributed by atoms with Crippen LogP contribution in [0, 0.1) is 0 Å². The van der Waals surface area contributed by atoms with Crippen LogP contribution in [0.4, 0.5) is 11.4 Å². The molecule has 0 bridgehead atoms. The van der Waals surface area contributed by atoms with Crippen molar-refractivity contribution >= 4 is 34.9 Å². The second-order valence-electron chi connectivity index (χ2n) is 4.62. The number of nitrogens with zero attached hydrogens (tertiary/aromatic N) is 1. The van der Waals surface area contributed by atoms with Crippen LogP contribution in [0.5, 0.6) is 5.75 Å². The van der Waals surface area contributed by atoms with E-state index in [1.165, 1.54) is 37.4 Å². The van der Waals surface area contributed by atoms with Crippen LogP contribution < -0.4 is 4.90 Å². The zero-order valence-corrected chi connectivity index (χ0v) is 12.9. The van der Waals surface area contributed by atoms with Crippen LogP contribution in [0.1, 0.15) is 10.4 Å². The number of phenols is 1. The molecule has 0 radical (unpaired) electrons. The van der Waals surface area contributed by atoms with Gasteiger partial charge in [-0.25, -0.2) is 4.79 Å². The van der Waals surface area contributed by atoms with Crippen molar-refractivity contribution in [1.29, 1.82) is 0 Å². The Morgan fingerprint density at radius 2 is 1.87 bits per heavy atom. The largest absolute Gasteiger partial charge is 0.506 e. The number of ether oxygens (including phenoxy) is 1. The van der Waals surface area contributed by atoms with E-state index in [-0.39, 0.29) is 34.3 Å². The number of phenolic OH excluding ortho intramolecular Hbond substituents is 1. The molecular formula is C16H14ClNO5. The van der Waals surface area contributed by atoms with E-state index in [0.29, 0.717) is 0 Å². The van der Waals surface area contributed by atoms with Crippen LogP contribution in [0.3, 0.4) is 0 Å². The Morgan fingerprint density at radius 3 is 2.48 bits per heavy atom. The van der Waals surface area contributed by atoms with Crippen molar-refractivity contribution in [3.8, 4) is 5.75 Å². The molecule has 120 valence electrons. The summed E-state index contributed by atoms with van der Waals surface area (Å²) in [6, 6.07) is 10.2. The van der Waals surface area contributed by atoms with Crippen molar-refractivity contribution in [1.82, 2.24) is 0 Å². The Labute approximate surface area is 137 Å². The summed E-state index contributed by atoms with van der Waals surface area (Å²) >= 11 is 5.95. The molecule has 6 nitrogen and oxygen atoms in total. The summed E-state index contributed by atoms with van der Waals surface area (Å²) in [4.78, 5) is 25.0. The lowest BCUT2D eigenvalue weighted by Crippen LogP contribution is -2.30. The Hall–Kier alpha value is -2.57. The van der Waals surface area contributed by atoms with Gasteiger partial charge in [0, 0.05) is 12.1 Å². The van der Waals surface area contributed by atoms with E-state index in [4.69, 9.17) is 16.3 Å². The molecule has 0 fully saturated rings. The third-order valence-electron chi connectivity index (χ3n) is 3.07. The van der Waals surface area contributed by atoms with Crippen LogP contribution in [-0.2, 0) is 9.53 Å². The van der Waals surface area contributed by atoms with Gasteiger partial charge in [0.25, 0.3) is 5.91 Å². The fraction of sp³-hybridized carbons (Fsp3) is 0.125. The van der Waals surface area contributed by atoms with E-state index in [9.17, 15) is 19.8 Å². The van der Waals surface area contributed by atoms with E-state index in [1.54, 1.807) is 12.1 Å². The second kappa shape index (κ2) is 7.13. The first-order valence-electron chi connectivity index (χ1n) is 6.58. The van der Waals surface area contributed by atoms with E-state index in [2.05, 4.69) is 0 Å². The Morgan fingerprint density at radius 1 is 1.17 bits per heavy atom. The molecule has 0 aromatic heterocycles. The summed E-state index contributed by atoms with van der Waals surface area (Å²) in [5.41, 5.74) is 0.0648. The number of carbonyl (C=O) groups excluding carboxylic acids is 1. The number of amides is 1. The maximum Gasteiger partial charge on any atom is 0.337 e. The smallest absolute Gasteiger partial charge is 0.337 e. The molecule has 2 aromatic carbocycles. The lowest BCUT2D eigenvalue weighted by Gasteiger charge is -2.25. The quantitative estimate of drug-likeness (QED) is 0.877. The summed E-state index contributed by atoms with van der Waals surface area (Å²) in [5.74, 6) is -1.94. The topological polar surface area (TPSA) is 87.1 Å². The number of para-hydroxylation sites is 2. The molecule has 0 saturated heterocycles. The Balaban J connectivity index is 2.68. The van der Waals surface area contributed by atoms with Gasteiger partial charge >= 0.3 is 5.97 Å². The fourth-order valence-corrected chi connectivity index (χ4v) is 2.28. The lowest BCUT2D eigenvalue weighted by molar-refractivity contribution is -0.121. The predicted octanol–water partition coefficient (Wildman–Crippen LogP) is 3.05. The number of carboxylic acid groups (broad SMARTS) is 1. The number of rotatable bonds is 5. The Bertz CT molecular complexity index is 747. The maximum atomic E-state index is 12.4. The summed E-state index contributed by atoms with van der Waals surface area (Å²) in [6.45, 7) is -0.292. The standard InChI is InChI=1S/C16H14ClNO5/c1-23-9-15(20)18(12-4-2-3-5-14(12)19)13-8-10(17)6-7-11(13)16(21)22/h2-8,19H,9H2,1H3,(H,21,22). The van der Waals surface area contributed by atoms with Crippen LogP contribution in [0.25, 0.3) is 0 Å².